The Morgan fingerprint density at radius 1 is 0.963 bits per heavy atom. The Morgan fingerprint density at radius 2 is 1.74 bits per heavy atom. The first-order valence-corrected chi connectivity index (χ1v) is 9.94. The standard InChI is InChI=1S/C21H18ClN3OS/c1-25-20(13-26-19-12-5-4-11-18(19)22)23-24-21(25)27-14-16-9-6-8-15-7-2-3-10-17(15)16/h2-12H,13-14H2,1H3. The number of rotatable bonds is 6. The molecule has 27 heavy (non-hydrogen) atoms. The normalized spacial score (nSPS) is 11.0. The third kappa shape index (κ3) is 3.94. The van der Waals surface area contributed by atoms with Crippen LogP contribution in [0.4, 0.5) is 0 Å². The largest absolute Gasteiger partial charge is 0.484 e. The van der Waals surface area contributed by atoms with Crippen LogP contribution in [0.15, 0.2) is 71.9 Å². The molecule has 0 radical (unpaired) electrons. The molecule has 0 atom stereocenters. The number of fused-ring (bicyclic) bond motifs is 1. The van der Waals surface area contributed by atoms with Gasteiger partial charge in [-0.05, 0) is 28.5 Å². The highest BCUT2D eigenvalue weighted by atomic mass is 35.5. The molecule has 0 unspecified atom stereocenters. The molecule has 0 aliphatic carbocycles. The lowest BCUT2D eigenvalue weighted by atomic mass is 10.1. The summed E-state index contributed by atoms with van der Waals surface area (Å²) in [6.45, 7) is 0.321. The van der Waals surface area contributed by atoms with Gasteiger partial charge in [-0.2, -0.15) is 0 Å². The molecule has 0 amide bonds. The Hall–Kier alpha value is -2.50. The fourth-order valence-corrected chi connectivity index (χ4v) is 3.99. The van der Waals surface area contributed by atoms with Gasteiger partial charge in [-0.15, -0.1) is 10.2 Å². The van der Waals surface area contributed by atoms with E-state index in [1.54, 1.807) is 17.8 Å². The highest BCUT2D eigenvalue weighted by molar-refractivity contribution is 7.98. The van der Waals surface area contributed by atoms with E-state index in [0.29, 0.717) is 17.4 Å². The number of hydrogen-bond acceptors (Lipinski definition) is 4. The van der Waals surface area contributed by atoms with Gasteiger partial charge in [0.25, 0.3) is 0 Å². The third-order valence-electron chi connectivity index (χ3n) is 4.36. The van der Waals surface area contributed by atoms with Gasteiger partial charge in [-0.3, -0.25) is 0 Å². The summed E-state index contributed by atoms with van der Waals surface area (Å²) in [5.41, 5.74) is 1.29. The minimum absolute atomic E-state index is 0.321. The van der Waals surface area contributed by atoms with E-state index in [0.717, 1.165) is 16.7 Å². The highest BCUT2D eigenvalue weighted by Gasteiger charge is 2.11. The lowest BCUT2D eigenvalue weighted by molar-refractivity contribution is 0.290. The van der Waals surface area contributed by atoms with Crippen molar-refractivity contribution in [3.8, 4) is 5.75 Å². The summed E-state index contributed by atoms with van der Waals surface area (Å²) in [5, 5.41) is 12.5. The molecule has 3 aromatic carbocycles. The Morgan fingerprint density at radius 3 is 2.63 bits per heavy atom. The van der Waals surface area contributed by atoms with Crippen molar-refractivity contribution in [2.75, 3.05) is 0 Å². The number of halogens is 1. The first-order valence-electron chi connectivity index (χ1n) is 8.57. The first-order chi connectivity index (χ1) is 13.2. The Kier molecular flexibility index (Phi) is 5.32. The fourth-order valence-electron chi connectivity index (χ4n) is 2.86. The number of aromatic nitrogens is 3. The summed E-state index contributed by atoms with van der Waals surface area (Å²) in [6.07, 6.45) is 0. The van der Waals surface area contributed by atoms with E-state index in [2.05, 4.69) is 52.7 Å². The molecular weight excluding hydrogens is 378 g/mol. The summed E-state index contributed by atoms with van der Waals surface area (Å²) >= 11 is 7.80. The van der Waals surface area contributed by atoms with Crippen molar-refractivity contribution in [3.05, 3.63) is 83.1 Å². The van der Waals surface area contributed by atoms with Crippen molar-refractivity contribution in [2.45, 2.75) is 17.5 Å². The van der Waals surface area contributed by atoms with E-state index in [1.165, 1.54) is 16.3 Å². The van der Waals surface area contributed by atoms with Crippen LogP contribution in [0.3, 0.4) is 0 Å². The second-order valence-corrected chi connectivity index (χ2v) is 7.45. The van der Waals surface area contributed by atoms with Crippen LogP contribution >= 0.6 is 23.4 Å². The van der Waals surface area contributed by atoms with Crippen LogP contribution in [0.2, 0.25) is 5.02 Å². The number of nitrogens with zero attached hydrogens (tertiary/aromatic N) is 3. The van der Waals surface area contributed by atoms with Crippen LogP contribution in [0.25, 0.3) is 10.8 Å². The number of hydrogen-bond donors (Lipinski definition) is 0. The fraction of sp³-hybridized carbons (Fsp3) is 0.143. The first kappa shape index (κ1) is 17.9. The highest BCUT2D eigenvalue weighted by Crippen LogP contribution is 2.27. The number of thioether (sulfide) groups is 1. The van der Waals surface area contributed by atoms with E-state index in [9.17, 15) is 0 Å². The summed E-state index contributed by atoms with van der Waals surface area (Å²) in [4.78, 5) is 0. The third-order valence-corrected chi connectivity index (χ3v) is 5.74. The van der Waals surface area contributed by atoms with Crippen LogP contribution in [-0.2, 0) is 19.4 Å². The zero-order valence-corrected chi connectivity index (χ0v) is 16.4. The smallest absolute Gasteiger partial charge is 0.191 e. The lowest BCUT2D eigenvalue weighted by Crippen LogP contribution is -2.04. The predicted octanol–water partition coefficient (Wildman–Crippen LogP) is 5.49. The Labute approximate surface area is 167 Å². The van der Waals surface area contributed by atoms with Crippen molar-refractivity contribution >= 4 is 34.1 Å². The van der Waals surface area contributed by atoms with E-state index >= 15 is 0 Å². The van der Waals surface area contributed by atoms with E-state index in [-0.39, 0.29) is 0 Å². The van der Waals surface area contributed by atoms with Crippen molar-refractivity contribution in [2.24, 2.45) is 7.05 Å². The van der Waals surface area contributed by atoms with E-state index in [4.69, 9.17) is 16.3 Å². The summed E-state index contributed by atoms with van der Waals surface area (Å²) in [7, 11) is 1.96. The quantitative estimate of drug-likeness (QED) is 0.404. The van der Waals surface area contributed by atoms with Gasteiger partial charge in [-0.25, -0.2) is 0 Å². The van der Waals surface area contributed by atoms with Crippen molar-refractivity contribution in [3.63, 3.8) is 0 Å². The maximum Gasteiger partial charge on any atom is 0.191 e. The van der Waals surface area contributed by atoms with Crippen molar-refractivity contribution < 1.29 is 4.74 Å². The molecule has 4 nitrogen and oxygen atoms in total. The van der Waals surface area contributed by atoms with Gasteiger partial charge in [-0.1, -0.05) is 78.0 Å². The predicted molar refractivity (Wildman–Crippen MR) is 110 cm³/mol. The van der Waals surface area contributed by atoms with Crippen LogP contribution < -0.4 is 4.74 Å². The van der Waals surface area contributed by atoms with Gasteiger partial charge >= 0.3 is 0 Å². The molecule has 0 saturated carbocycles. The van der Waals surface area contributed by atoms with Crippen LogP contribution in [0.5, 0.6) is 5.75 Å². The molecule has 0 fully saturated rings. The molecule has 0 spiro atoms. The van der Waals surface area contributed by atoms with Crippen LogP contribution in [0, 0.1) is 0 Å². The molecular formula is C21H18ClN3OS. The molecule has 4 aromatic rings. The number of para-hydroxylation sites is 1. The van der Waals surface area contributed by atoms with Gasteiger partial charge in [0.1, 0.15) is 12.4 Å². The molecule has 0 bridgehead atoms. The Bertz CT molecular complexity index is 1070. The molecule has 6 heteroatoms. The minimum Gasteiger partial charge on any atom is -0.484 e. The zero-order chi connectivity index (χ0) is 18.6. The Balaban J connectivity index is 1.45. The van der Waals surface area contributed by atoms with Gasteiger partial charge in [0.2, 0.25) is 0 Å². The maximum atomic E-state index is 6.13. The number of ether oxygens (including phenoxy) is 1. The molecule has 4 rings (SSSR count). The molecule has 136 valence electrons. The molecule has 0 N–H and O–H groups in total. The SMILES string of the molecule is Cn1c(COc2ccccc2Cl)nnc1SCc1cccc2ccccc12. The van der Waals surface area contributed by atoms with Gasteiger partial charge in [0.05, 0.1) is 5.02 Å². The second-order valence-electron chi connectivity index (χ2n) is 6.10. The van der Waals surface area contributed by atoms with Crippen LogP contribution in [0.1, 0.15) is 11.4 Å². The zero-order valence-electron chi connectivity index (χ0n) is 14.8. The van der Waals surface area contributed by atoms with E-state index < -0.39 is 0 Å². The van der Waals surface area contributed by atoms with Gasteiger partial charge < -0.3 is 9.30 Å². The lowest BCUT2D eigenvalue weighted by Gasteiger charge is -2.08. The monoisotopic (exact) mass is 395 g/mol. The van der Waals surface area contributed by atoms with Crippen molar-refractivity contribution in [1.82, 2.24) is 14.8 Å². The summed E-state index contributed by atoms with van der Waals surface area (Å²) in [5.74, 6) is 2.24. The van der Waals surface area contributed by atoms with Gasteiger partial charge in [0, 0.05) is 12.8 Å². The minimum atomic E-state index is 0.321. The average molecular weight is 396 g/mol. The van der Waals surface area contributed by atoms with Crippen LogP contribution in [-0.4, -0.2) is 14.8 Å². The topological polar surface area (TPSA) is 39.9 Å². The molecule has 1 aromatic heterocycles. The molecule has 0 saturated heterocycles. The van der Waals surface area contributed by atoms with Crippen molar-refractivity contribution in [1.29, 1.82) is 0 Å². The molecule has 0 aliphatic rings. The second kappa shape index (κ2) is 8.03. The molecule has 1 heterocycles. The number of benzene rings is 3. The average Bonchev–Trinajstić information content (AvgIpc) is 3.05. The summed E-state index contributed by atoms with van der Waals surface area (Å²) < 4.78 is 7.74. The molecule has 0 aliphatic heterocycles. The van der Waals surface area contributed by atoms with E-state index in [1.807, 2.05) is 29.8 Å². The van der Waals surface area contributed by atoms with Gasteiger partial charge in [0.15, 0.2) is 11.0 Å². The maximum absolute atomic E-state index is 6.13. The summed E-state index contributed by atoms with van der Waals surface area (Å²) in [6, 6.07) is 22.2.